The van der Waals surface area contributed by atoms with E-state index in [9.17, 15) is 22.4 Å². The van der Waals surface area contributed by atoms with Crippen molar-refractivity contribution < 1.29 is 31.8 Å². The molecule has 0 radical (unpaired) electrons. The Bertz CT molecular complexity index is 1230. The van der Waals surface area contributed by atoms with E-state index in [4.69, 9.17) is 9.47 Å². The Morgan fingerprint density at radius 1 is 0.778 bits per heavy atom. The topological polar surface area (TPSA) is 35.5 Å². The maximum atomic E-state index is 14.8. The van der Waals surface area contributed by atoms with E-state index in [1.807, 2.05) is 0 Å². The molecule has 0 unspecified atom stereocenters. The van der Waals surface area contributed by atoms with Gasteiger partial charge in [-0.3, -0.25) is 0 Å². The highest BCUT2D eigenvalue weighted by Crippen LogP contribution is 2.39. The van der Waals surface area contributed by atoms with Gasteiger partial charge in [-0.15, -0.1) is 0 Å². The van der Waals surface area contributed by atoms with Crippen LogP contribution in [0, 0.1) is 29.2 Å². The molecular formula is C29H28F4O3. The van der Waals surface area contributed by atoms with Crippen LogP contribution >= 0.6 is 0 Å². The van der Waals surface area contributed by atoms with Crippen LogP contribution in [0.25, 0.3) is 11.1 Å². The Morgan fingerprint density at radius 3 is 2.06 bits per heavy atom. The van der Waals surface area contributed by atoms with Crippen molar-refractivity contribution in [3.63, 3.8) is 0 Å². The van der Waals surface area contributed by atoms with Gasteiger partial charge in [0.05, 0.1) is 12.2 Å². The van der Waals surface area contributed by atoms with Crippen molar-refractivity contribution in [2.75, 3.05) is 6.61 Å². The molecule has 0 atom stereocenters. The fourth-order valence-corrected chi connectivity index (χ4v) is 4.79. The first-order valence-corrected chi connectivity index (χ1v) is 12.2. The molecule has 0 bridgehead atoms. The minimum atomic E-state index is -1.19. The molecule has 0 N–H and O–H groups in total. The van der Waals surface area contributed by atoms with Crippen LogP contribution in [-0.4, -0.2) is 12.6 Å². The number of hydrogen-bond donors (Lipinski definition) is 0. The van der Waals surface area contributed by atoms with Crippen LogP contribution in [0.15, 0.2) is 48.5 Å². The average molecular weight is 501 g/mol. The molecule has 3 aromatic rings. The Kier molecular flexibility index (Phi) is 7.97. The molecule has 0 aliphatic heterocycles. The highest BCUT2D eigenvalue weighted by molar-refractivity contribution is 5.91. The van der Waals surface area contributed by atoms with E-state index in [1.165, 1.54) is 48.5 Å². The van der Waals surface area contributed by atoms with Gasteiger partial charge in [-0.05, 0) is 85.9 Å². The van der Waals surface area contributed by atoms with Gasteiger partial charge in [-0.25, -0.2) is 13.6 Å². The van der Waals surface area contributed by atoms with Crippen molar-refractivity contribution >= 4 is 5.97 Å². The Labute approximate surface area is 208 Å². The number of carbonyl (C=O) groups excluding carboxylic acids is 1. The molecule has 1 aliphatic rings. The van der Waals surface area contributed by atoms with Gasteiger partial charge in [0.2, 0.25) is 11.6 Å². The van der Waals surface area contributed by atoms with E-state index in [1.54, 1.807) is 6.92 Å². The number of carbonyl (C=O) groups is 1. The fourth-order valence-electron chi connectivity index (χ4n) is 4.79. The summed E-state index contributed by atoms with van der Waals surface area (Å²) < 4.78 is 68.4. The number of esters is 1. The summed E-state index contributed by atoms with van der Waals surface area (Å²) >= 11 is 0. The molecule has 3 nitrogen and oxygen atoms in total. The Morgan fingerprint density at radius 2 is 1.42 bits per heavy atom. The zero-order valence-electron chi connectivity index (χ0n) is 20.3. The molecule has 0 heterocycles. The first-order valence-electron chi connectivity index (χ1n) is 12.2. The number of ether oxygens (including phenoxy) is 2. The largest absolute Gasteiger partial charge is 0.491 e. The van der Waals surface area contributed by atoms with Gasteiger partial charge in [0.25, 0.3) is 0 Å². The van der Waals surface area contributed by atoms with Crippen LogP contribution in [0.4, 0.5) is 17.6 Å². The summed E-state index contributed by atoms with van der Waals surface area (Å²) in [4.78, 5) is 12.6. The van der Waals surface area contributed by atoms with E-state index < -0.39 is 35.0 Å². The van der Waals surface area contributed by atoms with Gasteiger partial charge in [-0.2, -0.15) is 8.78 Å². The molecule has 4 rings (SSSR count). The van der Waals surface area contributed by atoms with Crippen molar-refractivity contribution in [1.29, 1.82) is 0 Å². The van der Waals surface area contributed by atoms with Gasteiger partial charge in [0, 0.05) is 5.56 Å². The van der Waals surface area contributed by atoms with Crippen LogP contribution in [0.1, 0.15) is 67.8 Å². The van der Waals surface area contributed by atoms with Crippen LogP contribution in [-0.2, 0) is 0 Å². The fraction of sp³-hybridized carbons (Fsp3) is 0.345. The summed E-state index contributed by atoms with van der Waals surface area (Å²) in [5.74, 6) is -5.34. The molecule has 7 heteroatoms. The van der Waals surface area contributed by atoms with Crippen molar-refractivity contribution in [1.82, 2.24) is 0 Å². The van der Waals surface area contributed by atoms with Crippen LogP contribution < -0.4 is 9.47 Å². The third kappa shape index (κ3) is 5.25. The van der Waals surface area contributed by atoms with E-state index in [-0.39, 0.29) is 29.4 Å². The van der Waals surface area contributed by atoms with Crippen LogP contribution in [0.3, 0.4) is 0 Å². The van der Waals surface area contributed by atoms with E-state index in [0.717, 1.165) is 32.1 Å². The van der Waals surface area contributed by atoms with Crippen LogP contribution in [0.2, 0.25) is 0 Å². The summed E-state index contributed by atoms with van der Waals surface area (Å²) in [6, 6.07) is 11.0. The predicted octanol–water partition coefficient (Wildman–Crippen LogP) is 8.21. The van der Waals surface area contributed by atoms with Gasteiger partial charge < -0.3 is 9.47 Å². The van der Waals surface area contributed by atoms with Crippen molar-refractivity contribution in [3.05, 3.63) is 82.9 Å². The smallest absolute Gasteiger partial charge is 0.343 e. The van der Waals surface area contributed by atoms with Gasteiger partial charge in [0.1, 0.15) is 0 Å². The van der Waals surface area contributed by atoms with E-state index in [0.29, 0.717) is 17.0 Å². The first kappa shape index (κ1) is 25.7. The molecule has 36 heavy (non-hydrogen) atoms. The number of hydrogen-bond acceptors (Lipinski definition) is 3. The van der Waals surface area contributed by atoms with Gasteiger partial charge >= 0.3 is 5.97 Å². The lowest BCUT2D eigenvalue weighted by Gasteiger charge is -2.28. The third-order valence-electron chi connectivity index (χ3n) is 6.92. The molecule has 3 aromatic carbocycles. The van der Waals surface area contributed by atoms with E-state index in [2.05, 4.69) is 6.92 Å². The van der Waals surface area contributed by atoms with E-state index >= 15 is 0 Å². The van der Waals surface area contributed by atoms with Crippen molar-refractivity contribution in [2.24, 2.45) is 5.92 Å². The second-order valence-corrected chi connectivity index (χ2v) is 9.05. The molecule has 0 aromatic heterocycles. The average Bonchev–Trinajstić information content (AvgIpc) is 2.90. The van der Waals surface area contributed by atoms with Gasteiger partial charge in [-0.1, -0.05) is 31.5 Å². The summed E-state index contributed by atoms with van der Waals surface area (Å²) in [7, 11) is 0. The monoisotopic (exact) mass is 500 g/mol. The van der Waals surface area contributed by atoms with Crippen LogP contribution in [0.5, 0.6) is 11.5 Å². The molecule has 1 fully saturated rings. The molecular weight excluding hydrogens is 472 g/mol. The second-order valence-electron chi connectivity index (χ2n) is 9.05. The minimum absolute atomic E-state index is 0.00690. The Hall–Kier alpha value is -3.35. The highest BCUT2D eigenvalue weighted by Gasteiger charge is 2.27. The Balaban J connectivity index is 1.48. The van der Waals surface area contributed by atoms with Crippen molar-refractivity contribution in [3.8, 4) is 22.6 Å². The standard InChI is InChI=1S/C29H28F4O3/c1-3-17-5-7-18(8-6-17)22-14-16-24(28(33)26(22)31)36-29(34)20-11-9-19(10-12-20)21-13-15-23(35-4-2)27(32)25(21)30/h9-18H,3-8H2,1-2H3. The third-order valence-corrected chi connectivity index (χ3v) is 6.92. The molecule has 1 saturated carbocycles. The maximum absolute atomic E-state index is 14.8. The number of halogens is 4. The minimum Gasteiger partial charge on any atom is -0.491 e. The summed E-state index contributed by atoms with van der Waals surface area (Å²) in [6.45, 7) is 4.00. The number of benzene rings is 3. The molecule has 0 amide bonds. The molecule has 0 saturated heterocycles. The summed E-state index contributed by atoms with van der Waals surface area (Å²) in [6.07, 6.45) is 4.67. The summed E-state index contributed by atoms with van der Waals surface area (Å²) in [5.41, 5.74) is 0.682. The lowest BCUT2D eigenvalue weighted by molar-refractivity contribution is 0.0726. The lowest BCUT2D eigenvalue weighted by Crippen LogP contribution is -2.15. The zero-order valence-corrected chi connectivity index (χ0v) is 20.3. The van der Waals surface area contributed by atoms with Crippen molar-refractivity contribution in [2.45, 2.75) is 51.9 Å². The first-order chi connectivity index (χ1) is 17.3. The highest BCUT2D eigenvalue weighted by atomic mass is 19.2. The normalized spacial score (nSPS) is 17.6. The van der Waals surface area contributed by atoms with Gasteiger partial charge in [0.15, 0.2) is 23.1 Å². The lowest BCUT2D eigenvalue weighted by atomic mass is 9.77. The quantitative estimate of drug-likeness (QED) is 0.186. The molecule has 1 aliphatic carbocycles. The summed E-state index contributed by atoms with van der Waals surface area (Å²) in [5, 5.41) is 0. The SMILES string of the molecule is CCOc1ccc(-c2ccc(C(=O)Oc3ccc(C4CCC(CC)CC4)c(F)c3F)cc2)c(F)c1F. The number of rotatable bonds is 7. The second kappa shape index (κ2) is 11.1. The predicted molar refractivity (Wildman–Crippen MR) is 129 cm³/mol. The molecule has 0 spiro atoms. The maximum Gasteiger partial charge on any atom is 0.343 e. The molecule has 190 valence electrons. The zero-order chi connectivity index (χ0) is 25.8.